The topological polar surface area (TPSA) is 80.9 Å². The van der Waals surface area contributed by atoms with Gasteiger partial charge in [-0.1, -0.05) is 18.2 Å². The maximum absolute atomic E-state index is 12.1. The number of carbonyl (C=O) groups is 1. The number of allylic oxidation sites excluding steroid dienone is 3. The Labute approximate surface area is 163 Å². The molecule has 3 rings (SSSR count). The first-order valence-electron chi connectivity index (χ1n) is 9.18. The monoisotopic (exact) mass is 380 g/mol. The number of amides is 1. The summed E-state index contributed by atoms with van der Waals surface area (Å²) < 4.78 is 10.7. The van der Waals surface area contributed by atoms with E-state index >= 15 is 0 Å². The Bertz CT molecular complexity index is 1050. The van der Waals surface area contributed by atoms with E-state index in [0.717, 1.165) is 40.6 Å². The number of aryl methyl sites for hydroxylation is 1. The predicted octanol–water partition coefficient (Wildman–Crippen LogP) is 3.88. The van der Waals surface area contributed by atoms with E-state index in [1.165, 1.54) is 6.07 Å². The van der Waals surface area contributed by atoms with Gasteiger partial charge in [0.15, 0.2) is 6.61 Å². The number of hydrogen-bond donors (Lipinski definition) is 1. The summed E-state index contributed by atoms with van der Waals surface area (Å²) in [6.07, 6.45) is 3.84. The minimum absolute atomic E-state index is 0.189. The van der Waals surface area contributed by atoms with Crippen LogP contribution in [0.4, 0.5) is 0 Å². The number of ether oxygens (including phenoxy) is 1. The molecule has 0 saturated heterocycles. The van der Waals surface area contributed by atoms with E-state index in [4.69, 9.17) is 9.15 Å². The molecule has 0 spiro atoms. The third-order valence-corrected chi connectivity index (χ3v) is 4.91. The fraction of sp³-hybridized carbons (Fsp3) is 0.318. The molecule has 1 aliphatic rings. The SMILES string of the molecule is C=C(C)[C@@H]1CC=C(C)C(=NNC(=O)COc2ccc3c(C)cc(=O)oc3c2)C1. The molecule has 28 heavy (non-hydrogen) atoms. The summed E-state index contributed by atoms with van der Waals surface area (Å²) >= 11 is 0. The van der Waals surface area contributed by atoms with Crippen molar-refractivity contribution in [2.75, 3.05) is 6.61 Å². The van der Waals surface area contributed by atoms with Crippen molar-refractivity contribution in [3.05, 3.63) is 64.1 Å². The van der Waals surface area contributed by atoms with Crippen LogP contribution < -0.4 is 15.8 Å². The van der Waals surface area contributed by atoms with Crippen molar-refractivity contribution in [2.24, 2.45) is 11.0 Å². The van der Waals surface area contributed by atoms with Gasteiger partial charge in [0.25, 0.3) is 5.91 Å². The lowest BCUT2D eigenvalue weighted by molar-refractivity contribution is -0.123. The van der Waals surface area contributed by atoms with Gasteiger partial charge in [0.2, 0.25) is 0 Å². The Balaban J connectivity index is 1.62. The first-order chi connectivity index (χ1) is 13.3. The summed E-state index contributed by atoms with van der Waals surface area (Å²) in [4.78, 5) is 23.6. The lowest BCUT2D eigenvalue weighted by Gasteiger charge is -2.22. The van der Waals surface area contributed by atoms with Crippen LogP contribution in [-0.2, 0) is 4.79 Å². The summed E-state index contributed by atoms with van der Waals surface area (Å²) in [6, 6.07) is 6.58. The zero-order valence-corrected chi connectivity index (χ0v) is 16.4. The standard InChI is InChI=1S/C22H24N2O4/c1-13(2)16-6-5-14(3)19(10-16)23-24-21(25)12-27-17-7-8-18-15(4)9-22(26)28-20(18)11-17/h5,7-9,11,16H,1,6,10,12H2,2-4H3,(H,24,25)/t16-/m1/s1. The van der Waals surface area contributed by atoms with Crippen LogP contribution in [0.2, 0.25) is 0 Å². The van der Waals surface area contributed by atoms with Gasteiger partial charge in [-0.25, -0.2) is 10.2 Å². The molecule has 6 nitrogen and oxygen atoms in total. The molecule has 146 valence electrons. The third kappa shape index (κ3) is 4.57. The zero-order valence-electron chi connectivity index (χ0n) is 16.4. The number of carbonyl (C=O) groups excluding carboxylic acids is 1. The normalized spacial score (nSPS) is 18.0. The largest absolute Gasteiger partial charge is 0.484 e. The first kappa shape index (κ1) is 19.6. The average Bonchev–Trinajstić information content (AvgIpc) is 2.65. The summed E-state index contributed by atoms with van der Waals surface area (Å²) in [6.45, 7) is 9.66. The molecular weight excluding hydrogens is 356 g/mol. The second-order valence-electron chi connectivity index (χ2n) is 7.16. The lowest BCUT2D eigenvalue weighted by atomic mass is 9.85. The second kappa shape index (κ2) is 8.25. The highest BCUT2D eigenvalue weighted by Gasteiger charge is 2.18. The molecule has 6 heteroatoms. The highest BCUT2D eigenvalue weighted by molar-refractivity contribution is 6.01. The van der Waals surface area contributed by atoms with Gasteiger partial charge in [0.1, 0.15) is 11.3 Å². The summed E-state index contributed by atoms with van der Waals surface area (Å²) in [5, 5.41) is 5.08. The molecule has 1 amide bonds. The third-order valence-electron chi connectivity index (χ3n) is 4.91. The number of hydrazone groups is 1. The smallest absolute Gasteiger partial charge is 0.336 e. The Morgan fingerprint density at radius 1 is 1.36 bits per heavy atom. The molecule has 0 bridgehead atoms. The molecule has 1 atom stereocenters. The number of nitrogens with zero attached hydrogens (tertiary/aromatic N) is 1. The summed E-state index contributed by atoms with van der Waals surface area (Å²) in [5.74, 6) is 0.440. The first-order valence-corrected chi connectivity index (χ1v) is 9.18. The van der Waals surface area contributed by atoms with Crippen molar-refractivity contribution in [2.45, 2.75) is 33.6 Å². The van der Waals surface area contributed by atoms with Gasteiger partial charge >= 0.3 is 5.63 Å². The maximum Gasteiger partial charge on any atom is 0.336 e. The number of fused-ring (bicyclic) bond motifs is 1. The maximum atomic E-state index is 12.1. The van der Waals surface area contributed by atoms with Crippen LogP contribution in [0.1, 0.15) is 32.3 Å². The average molecular weight is 380 g/mol. The minimum Gasteiger partial charge on any atom is -0.484 e. The summed E-state index contributed by atoms with van der Waals surface area (Å²) in [7, 11) is 0. The minimum atomic E-state index is -0.417. The molecule has 0 fully saturated rings. The molecule has 1 heterocycles. The van der Waals surface area contributed by atoms with Gasteiger partial charge in [-0.2, -0.15) is 5.10 Å². The van der Waals surface area contributed by atoms with E-state index in [9.17, 15) is 9.59 Å². The van der Waals surface area contributed by atoms with E-state index in [2.05, 4.69) is 23.2 Å². The van der Waals surface area contributed by atoms with E-state index in [-0.39, 0.29) is 12.5 Å². The highest BCUT2D eigenvalue weighted by Crippen LogP contribution is 2.26. The van der Waals surface area contributed by atoms with Crippen LogP contribution in [-0.4, -0.2) is 18.2 Å². The molecule has 1 aromatic carbocycles. The van der Waals surface area contributed by atoms with E-state index < -0.39 is 5.63 Å². The van der Waals surface area contributed by atoms with E-state index in [1.54, 1.807) is 18.2 Å². The van der Waals surface area contributed by atoms with Gasteiger partial charge in [-0.3, -0.25) is 4.79 Å². The molecule has 1 aliphatic carbocycles. The van der Waals surface area contributed by atoms with E-state index in [1.807, 2.05) is 20.8 Å². The van der Waals surface area contributed by atoms with Crippen LogP contribution in [0.25, 0.3) is 11.0 Å². The molecular formula is C22H24N2O4. The molecule has 1 N–H and O–H groups in total. The van der Waals surface area contributed by atoms with Crippen molar-refractivity contribution < 1.29 is 13.9 Å². The van der Waals surface area contributed by atoms with Crippen molar-refractivity contribution in [1.82, 2.24) is 5.43 Å². The Kier molecular flexibility index (Phi) is 5.78. The summed E-state index contributed by atoms with van der Waals surface area (Å²) in [5.41, 5.74) is 6.43. The predicted molar refractivity (Wildman–Crippen MR) is 110 cm³/mol. The Hall–Kier alpha value is -3.15. The van der Waals surface area contributed by atoms with Gasteiger partial charge in [0.05, 0.1) is 5.71 Å². The number of rotatable bonds is 5. The number of hydrogen-bond acceptors (Lipinski definition) is 5. The van der Waals surface area contributed by atoms with Crippen molar-refractivity contribution in [3.63, 3.8) is 0 Å². The molecule has 1 aromatic heterocycles. The molecule has 2 aromatic rings. The fourth-order valence-electron chi connectivity index (χ4n) is 3.13. The van der Waals surface area contributed by atoms with Crippen LogP contribution in [0.3, 0.4) is 0 Å². The van der Waals surface area contributed by atoms with Gasteiger partial charge < -0.3 is 9.15 Å². The quantitative estimate of drug-likeness (QED) is 0.485. The molecule has 0 saturated carbocycles. The highest BCUT2D eigenvalue weighted by atomic mass is 16.5. The van der Waals surface area contributed by atoms with Crippen LogP contribution >= 0.6 is 0 Å². The van der Waals surface area contributed by atoms with Gasteiger partial charge in [-0.05, 0) is 62.8 Å². The van der Waals surface area contributed by atoms with Crippen molar-refractivity contribution in [3.8, 4) is 5.75 Å². The van der Waals surface area contributed by atoms with Crippen molar-refractivity contribution in [1.29, 1.82) is 0 Å². The Morgan fingerprint density at radius 2 is 2.14 bits per heavy atom. The van der Waals surface area contributed by atoms with Crippen LogP contribution in [0.5, 0.6) is 5.75 Å². The molecule has 0 aliphatic heterocycles. The fourth-order valence-corrected chi connectivity index (χ4v) is 3.13. The molecule has 0 radical (unpaired) electrons. The number of nitrogens with one attached hydrogen (secondary N) is 1. The zero-order chi connectivity index (χ0) is 20.3. The second-order valence-corrected chi connectivity index (χ2v) is 7.16. The Morgan fingerprint density at radius 3 is 2.89 bits per heavy atom. The molecule has 0 unspecified atom stereocenters. The van der Waals surface area contributed by atoms with Crippen LogP contribution in [0, 0.1) is 12.8 Å². The number of benzene rings is 1. The van der Waals surface area contributed by atoms with Gasteiger partial charge in [-0.15, -0.1) is 0 Å². The lowest BCUT2D eigenvalue weighted by Crippen LogP contribution is -2.27. The van der Waals surface area contributed by atoms with E-state index in [0.29, 0.717) is 17.3 Å². The van der Waals surface area contributed by atoms with Crippen molar-refractivity contribution >= 4 is 22.6 Å². The van der Waals surface area contributed by atoms with Crippen LogP contribution in [0.15, 0.2) is 62.4 Å². The van der Waals surface area contributed by atoms with Gasteiger partial charge in [0, 0.05) is 17.5 Å².